The Labute approximate surface area is 123 Å². The van der Waals surface area contributed by atoms with Crippen molar-refractivity contribution in [2.45, 2.75) is 24.7 Å². The molecule has 0 saturated carbocycles. The fourth-order valence-electron chi connectivity index (χ4n) is 2.35. The number of nitrogens with one attached hydrogen (secondary N) is 1. The molecule has 1 aromatic heterocycles. The van der Waals surface area contributed by atoms with Crippen LogP contribution in [0, 0.1) is 0 Å². The van der Waals surface area contributed by atoms with Crippen LogP contribution in [0.3, 0.4) is 0 Å². The molecule has 1 amide bonds. The van der Waals surface area contributed by atoms with Gasteiger partial charge in [-0.15, -0.1) is 0 Å². The van der Waals surface area contributed by atoms with Crippen LogP contribution in [0.1, 0.15) is 19.8 Å². The highest BCUT2D eigenvalue weighted by Crippen LogP contribution is 2.14. The maximum Gasteiger partial charge on any atom is 0.248 e. The smallest absolute Gasteiger partial charge is 0.248 e. The molecule has 1 aliphatic rings. The second-order valence-corrected chi connectivity index (χ2v) is 6.77. The largest absolute Gasteiger partial charge is 0.366 e. The first kappa shape index (κ1) is 15.7. The molecule has 1 aliphatic heterocycles. The van der Waals surface area contributed by atoms with Gasteiger partial charge in [0.25, 0.3) is 0 Å². The number of carbonyl (C=O) groups excluding carboxylic acids is 1. The molecule has 0 atom stereocenters. The number of H-pyrrole nitrogens is 1. The summed E-state index contributed by atoms with van der Waals surface area (Å²) in [7, 11) is -3.82. The lowest BCUT2D eigenvalue weighted by Crippen LogP contribution is -2.38. The first-order chi connectivity index (χ1) is 9.96. The van der Waals surface area contributed by atoms with Crippen LogP contribution in [0.25, 0.3) is 0 Å². The van der Waals surface area contributed by atoms with Crippen LogP contribution in [0.2, 0.25) is 0 Å². The summed E-state index contributed by atoms with van der Waals surface area (Å²) in [4.78, 5) is 27.5. The molecule has 1 N–H and O–H groups in total. The third-order valence-corrected chi connectivity index (χ3v) is 5.44. The van der Waals surface area contributed by atoms with E-state index in [-0.39, 0.29) is 17.3 Å². The van der Waals surface area contributed by atoms with E-state index in [0.29, 0.717) is 32.5 Å². The summed E-state index contributed by atoms with van der Waals surface area (Å²) in [6.45, 7) is 3.21. The van der Waals surface area contributed by atoms with Gasteiger partial charge in [-0.1, -0.05) is 6.92 Å². The molecule has 0 aliphatic carbocycles. The van der Waals surface area contributed by atoms with Crippen molar-refractivity contribution in [3.63, 3.8) is 0 Å². The number of hydrogen-bond donors (Lipinski definition) is 1. The Morgan fingerprint density at radius 3 is 2.71 bits per heavy atom. The number of rotatable bonds is 3. The first-order valence-electron chi connectivity index (χ1n) is 6.92. The SMILES string of the molecule is CCC(=O)N1CCCN(S(=O)(=O)c2c[nH]ccc2=O)CC1. The molecule has 0 unspecified atom stereocenters. The van der Waals surface area contributed by atoms with Crippen molar-refractivity contribution in [3.05, 3.63) is 28.7 Å². The summed E-state index contributed by atoms with van der Waals surface area (Å²) in [5, 5.41) is 0. The van der Waals surface area contributed by atoms with Crippen LogP contribution in [0.15, 0.2) is 28.2 Å². The van der Waals surface area contributed by atoms with Gasteiger partial charge in [-0.3, -0.25) is 9.59 Å². The molecule has 116 valence electrons. The molecule has 0 spiro atoms. The van der Waals surface area contributed by atoms with Gasteiger partial charge in [0, 0.05) is 51.1 Å². The Bertz CT molecular complexity index is 668. The lowest BCUT2D eigenvalue weighted by atomic mass is 10.3. The van der Waals surface area contributed by atoms with E-state index in [4.69, 9.17) is 0 Å². The highest BCUT2D eigenvalue weighted by atomic mass is 32.2. The number of carbonyl (C=O) groups is 1. The van der Waals surface area contributed by atoms with Gasteiger partial charge in [-0.05, 0) is 6.42 Å². The van der Waals surface area contributed by atoms with E-state index >= 15 is 0 Å². The van der Waals surface area contributed by atoms with E-state index in [2.05, 4.69) is 4.98 Å². The van der Waals surface area contributed by atoms with Gasteiger partial charge in [0.1, 0.15) is 4.90 Å². The van der Waals surface area contributed by atoms with Gasteiger partial charge >= 0.3 is 0 Å². The van der Waals surface area contributed by atoms with Crippen LogP contribution in [-0.4, -0.2) is 54.7 Å². The van der Waals surface area contributed by atoms with Crippen molar-refractivity contribution in [2.75, 3.05) is 26.2 Å². The van der Waals surface area contributed by atoms with E-state index in [1.54, 1.807) is 11.8 Å². The molecule has 2 heterocycles. The van der Waals surface area contributed by atoms with Crippen LogP contribution in [0.4, 0.5) is 0 Å². The maximum absolute atomic E-state index is 12.5. The zero-order valence-corrected chi connectivity index (χ0v) is 12.7. The molecule has 0 bridgehead atoms. The fourth-order valence-corrected chi connectivity index (χ4v) is 3.86. The lowest BCUT2D eigenvalue weighted by Gasteiger charge is -2.21. The van der Waals surface area contributed by atoms with Gasteiger partial charge in [0.15, 0.2) is 0 Å². The quantitative estimate of drug-likeness (QED) is 0.851. The summed E-state index contributed by atoms with van der Waals surface area (Å²) in [6, 6.07) is 1.19. The van der Waals surface area contributed by atoms with Crippen molar-refractivity contribution in [3.8, 4) is 0 Å². The Kier molecular flexibility index (Phi) is 4.79. The molecule has 1 saturated heterocycles. The van der Waals surface area contributed by atoms with Crippen molar-refractivity contribution in [1.82, 2.24) is 14.2 Å². The monoisotopic (exact) mass is 313 g/mol. The molecule has 1 fully saturated rings. The van der Waals surface area contributed by atoms with Gasteiger partial charge in [-0.25, -0.2) is 8.42 Å². The molecule has 2 rings (SSSR count). The molecule has 0 radical (unpaired) electrons. The second-order valence-electron chi connectivity index (χ2n) is 4.86. The minimum Gasteiger partial charge on any atom is -0.366 e. The zero-order valence-electron chi connectivity index (χ0n) is 11.9. The van der Waals surface area contributed by atoms with Crippen molar-refractivity contribution in [1.29, 1.82) is 0 Å². The minimum absolute atomic E-state index is 0.0202. The zero-order chi connectivity index (χ0) is 15.5. The van der Waals surface area contributed by atoms with Crippen LogP contribution >= 0.6 is 0 Å². The van der Waals surface area contributed by atoms with Crippen LogP contribution in [-0.2, 0) is 14.8 Å². The average molecular weight is 313 g/mol. The third-order valence-electron chi connectivity index (χ3n) is 3.52. The standard InChI is InChI=1S/C13H19N3O4S/c1-2-13(18)15-6-3-7-16(9-8-15)21(19,20)12-10-14-5-4-11(12)17/h4-5,10H,2-3,6-9H2,1H3,(H,14,17). The molecular weight excluding hydrogens is 294 g/mol. The molecule has 7 nitrogen and oxygen atoms in total. The van der Waals surface area contributed by atoms with E-state index in [9.17, 15) is 18.0 Å². The highest BCUT2D eigenvalue weighted by molar-refractivity contribution is 7.89. The Hall–Kier alpha value is -1.67. The number of amides is 1. The number of aromatic amines is 1. The number of hydrogen-bond acceptors (Lipinski definition) is 4. The van der Waals surface area contributed by atoms with Gasteiger partial charge in [-0.2, -0.15) is 4.31 Å². The van der Waals surface area contributed by atoms with E-state index in [0.717, 1.165) is 0 Å². The Morgan fingerprint density at radius 1 is 1.29 bits per heavy atom. The van der Waals surface area contributed by atoms with Gasteiger partial charge < -0.3 is 9.88 Å². The van der Waals surface area contributed by atoms with Crippen molar-refractivity contribution < 1.29 is 13.2 Å². The summed E-state index contributed by atoms with van der Waals surface area (Å²) in [6.07, 6.45) is 3.57. The lowest BCUT2D eigenvalue weighted by molar-refractivity contribution is -0.130. The molecule has 21 heavy (non-hydrogen) atoms. The minimum atomic E-state index is -3.82. The number of aromatic nitrogens is 1. The molecule has 0 aromatic carbocycles. The third kappa shape index (κ3) is 3.33. The van der Waals surface area contributed by atoms with E-state index in [1.807, 2.05) is 0 Å². The number of pyridine rings is 1. The van der Waals surface area contributed by atoms with E-state index in [1.165, 1.54) is 22.8 Å². The van der Waals surface area contributed by atoms with Crippen molar-refractivity contribution >= 4 is 15.9 Å². The fraction of sp³-hybridized carbons (Fsp3) is 0.538. The molecular formula is C13H19N3O4S. The van der Waals surface area contributed by atoms with E-state index < -0.39 is 15.5 Å². The topological polar surface area (TPSA) is 90.6 Å². The summed E-state index contributed by atoms with van der Waals surface area (Å²) in [5.41, 5.74) is -0.528. The molecule has 1 aromatic rings. The molecule has 8 heteroatoms. The second kappa shape index (κ2) is 6.40. The summed E-state index contributed by atoms with van der Waals surface area (Å²) in [5.74, 6) is 0.0202. The Morgan fingerprint density at radius 2 is 2.05 bits per heavy atom. The van der Waals surface area contributed by atoms with Gasteiger partial charge in [0.05, 0.1) is 0 Å². The predicted octanol–water partition coefficient (Wildman–Crippen LogP) is 0.00790. The number of nitrogens with zero attached hydrogens (tertiary/aromatic N) is 2. The van der Waals surface area contributed by atoms with Gasteiger partial charge in [0.2, 0.25) is 21.4 Å². The first-order valence-corrected chi connectivity index (χ1v) is 8.36. The normalized spacial score (nSPS) is 17.5. The maximum atomic E-state index is 12.5. The number of sulfonamides is 1. The average Bonchev–Trinajstić information content (AvgIpc) is 2.73. The van der Waals surface area contributed by atoms with Crippen LogP contribution < -0.4 is 5.43 Å². The Balaban J connectivity index is 2.21. The summed E-state index contributed by atoms with van der Waals surface area (Å²) < 4.78 is 26.3. The van der Waals surface area contributed by atoms with Crippen LogP contribution in [0.5, 0.6) is 0 Å². The summed E-state index contributed by atoms with van der Waals surface area (Å²) >= 11 is 0. The van der Waals surface area contributed by atoms with Crippen molar-refractivity contribution in [2.24, 2.45) is 0 Å². The highest BCUT2D eigenvalue weighted by Gasteiger charge is 2.29. The predicted molar refractivity (Wildman–Crippen MR) is 77.3 cm³/mol.